The van der Waals surface area contributed by atoms with E-state index in [9.17, 15) is 12.8 Å². The molecule has 0 saturated carbocycles. The zero-order chi connectivity index (χ0) is 15.6. The monoisotopic (exact) mass is 374 g/mol. The molecule has 112 valence electrons. The number of ether oxygens (including phenoxy) is 1. The lowest BCUT2D eigenvalue weighted by Gasteiger charge is -2.10. The van der Waals surface area contributed by atoms with Gasteiger partial charge in [-0.05, 0) is 30.3 Å². The van der Waals surface area contributed by atoms with Crippen molar-refractivity contribution in [3.63, 3.8) is 0 Å². The van der Waals surface area contributed by atoms with Crippen molar-refractivity contribution >= 4 is 37.3 Å². The SMILES string of the molecule is COc1cc(Br)cc(NS(=O)(=O)c2cc(N)cc(F)c2)c1. The smallest absolute Gasteiger partial charge is 0.262 e. The van der Waals surface area contributed by atoms with Crippen LogP contribution in [0.4, 0.5) is 15.8 Å². The Kier molecular flexibility index (Phi) is 4.38. The molecule has 0 aliphatic carbocycles. The van der Waals surface area contributed by atoms with Gasteiger partial charge in [-0.3, -0.25) is 4.72 Å². The summed E-state index contributed by atoms with van der Waals surface area (Å²) in [6.45, 7) is 0. The molecule has 0 bridgehead atoms. The van der Waals surface area contributed by atoms with E-state index in [1.807, 2.05) is 0 Å². The van der Waals surface area contributed by atoms with E-state index < -0.39 is 15.8 Å². The van der Waals surface area contributed by atoms with E-state index in [1.54, 1.807) is 12.1 Å². The van der Waals surface area contributed by atoms with Gasteiger partial charge in [0.05, 0.1) is 17.7 Å². The summed E-state index contributed by atoms with van der Waals surface area (Å²) >= 11 is 3.25. The highest BCUT2D eigenvalue weighted by atomic mass is 79.9. The zero-order valence-corrected chi connectivity index (χ0v) is 13.3. The van der Waals surface area contributed by atoms with Gasteiger partial charge in [-0.25, -0.2) is 12.8 Å². The Morgan fingerprint density at radius 2 is 1.90 bits per heavy atom. The van der Waals surface area contributed by atoms with Crippen LogP contribution in [0.25, 0.3) is 0 Å². The number of hydrogen-bond donors (Lipinski definition) is 2. The lowest BCUT2D eigenvalue weighted by atomic mass is 10.3. The van der Waals surface area contributed by atoms with E-state index >= 15 is 0 Å². The first-order chi connectivity index (χ1) is 9.80. The van der Waals surface area contributed by atoms with Crippen LogP contribution >= 0.6 is 15.9 Å². The van der Waals surface area contributed by atoms with Crippen molar-refractivity contribution in [3.8, 4) is 5.75 Å². The van der Waals surface area contributed by atoms with Crippen molar-refractivity contribution < 1.29 is 17.5 Å². The van der Waals surface area contributed by atoms with Crippen molar-refractivity contribution in [3.05, 3.63) is 46.7 Å². The minimum absolute atomic E-state index is 0.0298. The highest BCUT2D eigenvalue weighted by Crippen LogP contribution is 2.27. The molecular formula is C13H12BrFN2O3S. The molecule has 0 aromatic heterocycles. The second-order valence-electron chi connectivity index (χ2n) is 4.21. The van der Waals surface area contributed by atoms with Crippen LogP contribution in [-0.2, 0) is 10.0 Å². The summed E-state index contributed by atoms with van der Waals surface area (Å²) in [4.78, 5) is -0.251. The first kappa shape index (κ1) is 15.6. The molecule has 0 saturated heterocycles. The number of halogens is 2. The number of methoxy groups -OCH3 is 1. The van der Waals surface area contributed by atoms with Crippen molar-refractivity contribution in [2.75, 3.05) is 17.6 Å². The molecule has 2 rings (SSSR count). The van der Waals surface area contributed by atoms with Crippen molar-refractivity contribution in [2.45, 2.75) is 4.90 Å². The number of rotatable bonds is 4. The fourth-order valence-electron chi connectivity index (χ4n) is 1.69. The van der Waals surface area contributed by atoms with Crippen LogP contribution in [-0.4, -0.2) is 15.5 Å². The summed E-state index contributed by atoms with van der Waals surface area (Å²) in [5.41, 5.74) is 5.77. The van der Waals surface area contributed by atoms with Crippen LogP contribution in [0.3, 0.4) is 0 Å². The highest BCUT2D eigenvalue weighted by molar-refractivity contribution is 9.10. The zero-order valence-electron chi connectivity index (χ0n) is 10.9. The Balaban J connectivity index is 2.39. The number of sulfonamides is 1. The van der Waals surface area contributed by atoms with E-state index in [0.717, 1.165) is 12.1 Å². The van der Waals surface area contributed by atoms with Crippen molar-refractivity contribution in [1.82, 2.24) is 0 Å². The summed E-state index contributed by atoms with van der Waals surface area (Å²) in [5.74, 6) is -0.247. The molecule has 8 heteroatoms. The maximum absolute atomic E-state index is 13.3. The third-order valence-corrected chi connectivity index (χ3v) is 4.38. The van der Waals surface area contributed by atoms with Gasteiger partial charge in [0.1, 0.15) is 11.6 Å². The molecule has 0 amide bonds. The largest absolute Gasteiger partial charge is 0.497 e. The molecular weight excluding hydrogens is 363 g/mol. The molecule has 0 atom stereocenters. The maximum atomic E-state index is 13.3. The second-order valence-corrected chi connectivity index (χ2v) is 6.80. The van der Waals surface area contributed by atoms with Gasteiger partial charge < -0.3 is 10.5 Å². The van der Waals surface area contributed by atoms with Crippen molar-refractivity contribution in [1.29, 1.82) is 0 Å². The molecule has 0 unspecified atom stereocenters. The fraction of sp³-hybridized carbons (Fsp3) is 0.0769. The van der Waals surface area contributed by atoms with Crippen LogP contribution < -0.4 is 15.2 Å². The first-order valence-electron chi connectivity index (χ1n) is 5.73. The average molecular weight is 375 g/mol. The van der Waals surface area contributed by atoms with Gasteiger partial charge in [0.15, 0.2) is 0 Å². The predicted octanol–water partition coefficient (Wildman–Crippen LogP) is 2.98. The molecule has 0 radical (unpaired) electrons. The maximum Gasteiger partial charge on any atom is 0.262 e. The van der Waals surface area contributed by atoms with Gasteiger partial charge in [-0.1, -0.05) is 15.9 Å². The standard InChI is InChI=1S/C13H12BrFN2O3S/c1-20-12-3-8(14)2-11(7-12)17-21(18,19)13-5-9(15)4-10(16)6-13/h2-7,17H,16H2,1H3. The van der Waals surface area contributed by atoms with E-state index in [1.165, 1.54) is 19.2 Å². The molecule has 0 aliphatic heterocycles. The number of nitrogen functional groups attached to an aromatic ring is 1. The molecule has 21 heavy (non-hydrogen) atoms. The Hall–Kier alpha value is -1.80. The van der Waals surface area contributed by atoms with Crippen molar-refractivity contribution in [2.24, 2.45) is 0 Å². The van der Waals surface area contributed by atoms with E-state index in [4.69, 9.17) is 10.5 Å². The van der Waals surface area contributed by atoms with Gasteiger partial charge in [-0.2, -0.15) is 0 Å². The molecule has 5 nitrogen and oxygen atoms in total. The van der Waals surface area contributed by atoms with Gasteiger partial charge in [-0.15, -0.1) is 0 Å². The van der Waals surface area contributed by atoms with Crippen LogP contribution in [0.5, 0.6) is 5.75 Å². The third kappa shape index (κ3) is 3.85. The third-order valence-electron chi connectivity index (χ3n) is 2.56. The molecule has 0 aliphatic rings. The minimum atomic E-state index is -3.95. The number of hydrogen-bond acceptors (Lipinski definition) is 4. The summed E-state index contributed by atoms with van der Waals surface area (Å²) in [6.07, 6.45) is 0. The lowest BCUT2D eigenvalue weighted by Crippen LogP contribution is -2.13. The quantitative estimate of drug-likeness (QED) is 0.806. The van der Waals surface area contributed by atoms with Gasteiger partial charge >= 0.3 is 0 Å². The lowest BCUT2D eigenvalue weighted by molar-refractivity contribution is 0.415. The van der Waals surface area contributed by atoms with Gasteiger partial charge in [0.2, 0.25) is 0 Å². The number of nitrogens with one attached hydrogen (secondary N) is 1. The summed E-state index contributed by atoms with van der Waals surface area (Å²) in [5, 5.41) is 0. The molecule has 0 fully saturated rings. The summed E-state index contributed by atoms with van der Waals surface area (Å²) < 4.78 is 45.8. The Labute approximate surface area is 130 Å². The molecule has 0 heterocycles. The topological polar surface area (TPSA) is 81.4 Å². The Morgan fingerprint density at radius 1 is 1.19 bits per heavy atom. The van der Waals surface area contributed by atoms with Gasteiger partial charge in [0.25, 0.3) is 10.0 Å². The normalized spacial score (nSPS) is 11.2. The fourth-order valence-corrected chi connectivity index (χ4v) is 3.27. The summed E-state index contributed by atoms with van der Waals surface area (Å²) in [6, 6.07) is 7.86. The van der Waals surface area contributed by atoms with Crippen LogP contribution in [0, 0.1) is 5.82 Å². The number of nitrogens with two attached hydrogens (primary N) is 1. The molecule has 0 spiro atoms. The highest BCUT2D eigenvalue weighted by Gasteiger charge is 2.16. The predicted molar refractivity (Wildman–Crippen MR) is 82.3 cm³/mol. The molecule has 3 N–H and O–H groups in total. The Bertz CT molecular complexity index is 761. The number of anilines is 2. The van der Waals surface area contributed by atoms with Crippen LogP contribution in [0.2, 0.25) is 0 Å². The first-order valence-corrected chi connectivity index (χ1v) is 8.01. The molecule has 2 aromatic rings. The Morgan fingerprint density at radius 3 is 2.52 bits per heavy atom. The summed E-state index contributed by atoms with van der Waals surface area (Å²) in [7, 11) is -2.48. The number of benzene rings is 2. The van der Waals surface area contributed by atoms with E-state index in [2.05, 4.69) is 20.7 Å². The van der Waals surface area contributed by atoms with Crippen LogP contribution in [0.15, 0.2) is 45.8 Å². The average Bonchev–Trinajstić information content (AvgIpc) is 2.36. The second kappa shape index (κ2) is 5.90. The van der Waals surface area contributed by atoms with E-state index in [-0.39, 0.29) is 16.3 Å². The van der Waals surface area contributed by atoms with E-state index in [0.29, 0.717) is 10.2 Å². The van der Waals surface area contributed by atoms with Gasteiger partial charge in [0, 0.05) is 16.2 Å². The molecule has 2 aromatic carbocycles. The van der Waals surface area contributed by atoms with Crippen LogP contribution in [0.1, 0.15) is 0 Å². The minimum Gasteiger partial charge on any atom is -0.497 e.